The van der Waals surface area contributed by atoms with E-state index < -0.39 is 5.97 Å². The highest BCUT2D eigenvalue weighted by molar-refractivity contribution is 6.05. The van der Waals surface area contributed by atoms with Gasteiger partial charge in [-0.3, -0.25) is 9.78 Å². The van der Waals surface area contributed by atoms with Crippen molar-refractivity contribution >= 4 is 28.5 Å². The third-order valence-corrected chi connectivity index (χ3v) is 3.81. The molecule has 6 heteroatoms. The van der Waals surface area contributed by atoms with Gasteiger partial charge in [-0.25, -0.2) is 4.79 Å². The monoisotopic (exact) mass is 293 g/mol. The first-order valence-corrected chi connectivity index (χ1v) is 6.76. The Labute approximate surface area is 124 Å². The van der Waals surface area contributed by atoms with E-state index in [0.717, 1.165) is 22.2 Å². The summed E-state index contributed by atoms with van der Waals surface area (Å²) in [6.07, 6.45) is 1.84. The van der Waals surface area contributed by atoms with Crippen molar-refractivity contribution in [1.82, 2.24) is 9.97 Å². The molecule has 0 aliphatic carbocycles. The van der Waals surface area contributed by atoms with Crippen molar-refractivity contribution in [3.8, 4) is 11.4 Å². The number of rotatable bonds is 1. The predicted molar refractivity (Wildman–Crippen MR) is 80.8 cm³/mol. The van der Waals surface area contributed by atoms with Crippen LogP contribution in [0.2, 0.25) is 0 Å². The zero-order valence-electron chi connectivity index (χ0n) is 11.4. The number of carboxylic acids is 1. The highest BCUT2D eigenvalue weighted by Gasteiger charge is 2.24. The third kappa shape index (κ3) is 1.77. The lowest BCUT2D eigenvalue weighted by Crippen LogP contribution is -2.12. The fourth-order valence-electron chi connectivity index (χ4n) is 2.83. The lowest BCUT2D eigenvalue weighted by molar-refractivity contribution is -0.115. The van der Waals surface area contributed by atoms with Crippen molar-refractivity contribution in [2.45, 2.75) is 6.42 Å². The fraction of sp³-hybridized carbons (Fsp3) is 0.0625. The average molecular weight is 293 g/mol. The zero-order valence-corrected chi connectivity index (χ0v) is 11.4. The first-order chi connectivity index (χ1) is 10.6. The second-order valence-corrected chi connectivity index (χ2v) is 5.17. The topological polar surface area (TPSA) is 95.1 Å². The Balaban J connectivity index is 2.05. The van der Waals surface area contributed by atoms with Crippen LogP contribution in [0.5, 0.6) is 0 Å². The van der Waals surface area contributed by atoms with E-state index in [0.29, 0.717) is 11.4 Å². The van der Waals surface area contributed by atoms with Crippen molar-refractivity contribution in [1.29, 1.82) is 0 Å². The van der Waals surface area contributed by atoms with Crippen molar-refractivity contribution in [2.75, 3.05) is 5.32 Å². The number of nitrogens with one attached hydrogen (secondary N) is 2. The molecule has 4 rings (SSSR count). The van der Waals surface area contributed by atoms with Gasteiger partial charge >= 0.3 is 5.97 Å². The summed E-state index contributed by atoms with van der Waals surface area (Å²) < 4.78 is 0. The Bertz CT molecular complexity index is 943. The SMILES string of the molecule is O=C1Cc2c([nH]c3ccc(C(=O)O)cc23)-c2ncccc2N1. The van der Waals surface area contributed by atoms with Crippen LogP contribution in [-0.4, -0.2) is 27.0 Å². The van der Waals surface area contributed by atoms with Gasteiger partial charge in [0.2, 0.25) is 5.91 Å². The lowest BCUT2D eigenvalue weighted by Gasteiger charge is -2.04. The molecule has 0 spiro atoms. The van der Waals surface area contributed by atoms with Gasteiger partial charge in [-0.05, 0) is 35.9 Å². The van der Waals surface area contributed by atoms with Crippen molar-refractivity contribution in [2.24, 2.45) is 0 Å². The van der Waals surface area contributed by atoms with E-state index in [4.69, 9.17) is 5.11 Å². The molecule has 0 fully saturated rings. The minimum Gasteiger partial charge on any atom is -0.478 e. The molecule has 1 amide bonds. The third-order valence-electron chi connectivity index (χ3n) is 3.81. The quantitative estimate of drug-likeness (QED) is 0.642. The lowest BCUT2D eigenvalue weighted by atomic mass is 10.0. The van der Waals surface area contributed by atoms with Crippen molar-refractivity contribution in [3.05, 3.63) is 47.7 Å². The number of carboxylic acid groups (broad SMARTS) is 1. The molecule has 0 atom stereocenters. The van der Waals surface area contributed by atoms with Crippen LogP contribution in [0.15, 0.2) is 36.5 Å². The molecule has 0 unspecified atom stereocenters. The summed E-state index contributed by atoms with van der Waals surface area (Å²) >= 11 is 0. The van der Waals surface area contributed by atoms with Crippen LogP contribution < -0.4 is 5.32 Å². The Morgan fingerprint density at radius 3 is 2.95 bits per heavy atom. The van der Waals surface area contributed by atoms with Crippen molar-refractivity contribution < 1.29 is 14.7 Å². The number of hydrogen-bond acceptors (Lipinski definition) is 3. The fourth-order valence-corrected chi connectivity index (χ4v) is 2.83. The number of carbonyl (C=O) groups excluding carboxylic acids is 1. The highest BCUT2D eigenvalue weighted by atomic mass is 16.4. The molecule has 3 N–H and O–H groups in total. The number of amides is 1. The van der Waals surface area contributed by atoms with Crippen LogP contribution in [0.4, 0.5) is 5.69 Å². The number of hydrogen-bond donors (Lipinski definition) is 3. The number of nitrogens with zero attached hydrogens (tertiary/aromatic N) is 1. The number of fused-ring (bicyclic) bond motifs is 5. The van der Waals surface area contributed by atoms with Gasteiger partial charge in [0.15, 0.2) is 0 Å². The first-order valence-electron chi connectivity index (χ1n) is 6.76. The summed E-state index contributed by atoms with van der Waals surface area (Å²) in [5, 5.41) is 12.7. The molecular weight excluding hydrogens is 282 g/mol. The molecule has 0 bridgehead atoms. The van der Waals surface area contributed by atoms with Gasteiger partial charge in [0.25, 0.3) is 0 Å². The number of pyridine rings is 1. The van der Waals surface area contributed by atoms with Crippen LogP contribution in [0.25, 0.3) is 22.3 Å². The largest absolute Gasteiger partial charge is 0.478 e. The molecule has 1 aliphatic rings. The number of aromatic amines is 1. The molecule has 0 saturated heterocycles. The van der Waals surface area contributed by atoms with Crippen molar-refractivity contribution in [3.63, 3.8) is 0 Å². The first kappa shape index (κ1) is 12.6. The molecule has 3 heterocycles. The van der Waals surface area contributed by atoms with Gasteiger partial charge in [-0.15, -0.1) is 0 Å². The zero-order chi connectivity index (χ0) is 15.3. The summed E-state index contributed by atoms with van der Waals surface area (Å²) in [5.74, 6) is -1.14. The molecule has 108 valence electrons. The maximum Gasteiger partial charge on any atom is 0.335 e. The Hall–Kier alpha value is -3.15. The second-order valence-electron chi connectivity index (χ2n) is 5.17. The summed E-state index contributed by atoms with van der Waals surface area (Å²) in [5.41, 5.74) is 3.83. The second kappa shape index (κ2) is 4.42. The van der Waals surface area contributed by atoms with Crippen LogP contribution in [0, 0.1) is 0 Å². The van der Waals surface area contributed by atoms with Gasteiger partial charge < -0.3 is 15.4 Å². The Kier molecular flexibility index (Phi) is 2.53. The van der Waals surface area contributed by atoms with Gasteiger partial charge in [-0.2, -0.15) is 0 Å². The van der Waals surface area contributed by atoms with E-state index in [1.54, 1.807) is 36.5 Å². The van der Waals surface area contributed by atoms with Crippen LogP contribution in [-0.2, 0) is 11.2 Å². The summed E-state index contributed by atoms with van der Waals surface area (Å²) in [7, 11) is 0. The maximum absolute atomic E-state index is 12.1. The normalized spacial score (nSPS) is 13.2. The summed E-state index contributed by atoms with van der Waals surface area (Å²) in [6, 6.07) is 8.40. The van der Waals surface area contributed by atoms with Gasteiger partial charge in [0.1, 0.15) is 5.69 Å². The molecule has 0 radical (unpaired) electrons. The smallest absolute Gasteiger partial charge is 0.335 e. The van der Waals surface area contributed by atoms with Gasteiger partial charge in [0, 0.05) is 17.1 Å². The van der Waals surface area contributed by atoms with E-state index >= 15 is 0 Å². The predicted octanol–water partition coefficient (Wildman–Crippen LogP) is 2.42. The Morgan fingerprint density at radius 2 is 2.14 bits per heavy atom. The van der Waals surface area contributed by atoms with E-state index in [-0.39, 0.29) is 17.9 Å². The molecule has 6 nitrogen and oxygen atoms in total. The van der Waals surface area contributed by atoms with Crippen LogP contribution >= 0.6 is 0 Å². The molecule has 0 saturated carbocycles. The number of benzene rings is 1. The van der Waals surface area contributed by atoms with E-state index in [2.05, 4.69) is 15.3 Å². The Morgan fingerprint density at radius 1 is 1.27 bits per heavy atom. The standard InChI is InChI=1S/C16H11N3O3/c20-13-7-10-9-6-8(16(21)22)3-4-11(9)19-14(10)15-12(18-13)2-1-5-17-15/h1-6,19H,7H2,(H,18,20)(H,21,22). The van der Waals surface area contributed by atoms with Crippen LogP contribution in [0.3, 0.4) is 0 Å². The highest BCUT2D eigenvalue weighted by Crippen LogP contribution is 2.36. The number of anilines is 1. The summed E-state index contributed by atoms with van der Waals surface area (Å²) in [4.78, 5) is 30.9. The minimum absolute atomic E-state index is 0.144. The number of H-pyrrole nitrogens is 1. The molecule has 3 aromatic rings. The summed E-state index contributed by atoms with van der Waals surface area (Å²) in [6.45, 7) is 0. The minimum atomic E-state index is -0.992. The number of carbonyl (C=O) groups is 2. The van der Waals surface area contributed by atoms with Gasteiger partial charge in [0.05, 0.1) is 23.4 Å². The number of aromatic nitrogens is 2. The van der Waals surface area contributed by atoms with Crippen LogP contribution in [0.1, 0.15) is 15.9 Å². The molecule has 1 aliphatic heterocycles. The number of aromatic carboxylic acids is 1. The van der Waals surface area contributed by atoms with E-state index in [9.17, 15) is 9.59 Å². The maximum atomic E-state index is 12.1. The molecule has 1 aromatic carbocycles. The van der Waals surface area contributed by atoms with E-state index in [1.807, 2.05) is 0 Å². The molecular formula is C16H11N3O3. The molecule has 2 aromatic heterocycles. The van der Waals surface area contributed by atoms with E-state index in [1.165, 1.54) is 0 Å². The molecule has 22 heavy (non-hydrogen) atoms. The van der Waals surface area contributed by atoms with Gasteiger partial charge in [-0.1, -0.05) is 0 Å². The average Bonchev–Trinajstić information content (AvgIpc) is 2.78.